The van der Waals surface area contributed by atoms with Crippen LogP contribution in [0.1, 0.15) is 12.6 Å². The third-order valence-corrected chi connectivity index (χ3v) is 4.61. The van der Waals surface area contributed by atoms with E-state index >= 15 is 0 Å². The summed E-state index contributed by atoms with van der Waals surface area (Å²) in [4.78, 5) is 12.9. The second-order valence-electron chi connectivity index (χ2n) is 6.30. The third-order valence-electron chi connectivity index (χ3n) is 4.61. The minimum Gasteiger partial charge on any atom is -0.394 e. The molecule has 0 aliphatic carbocycles. The van der Waals surface area contributed by atoms with Crippen molar-refractivity contribution in [3.05, 3.63) is 6.33 Å². The van der Waals surface area contributed by atoms with E-state index in [1.165, 1.54) is 10.9 Å². The van der Waals surface area contributed by atoms with Crippen LogP contribution < -0.4 is 16.6 Å². The van der Waals surface area contributed by atoms with E-state index in [1.54, 1.807) is 0 Å². The number of aliphatic hydroxyl groups is 3. The average Bonchev–Trinajstić information content (AvgIpc) is 3.36. The molecule has 2 aliphatic heterocycles. The predicted molar refractivity (Wildman–Crippen MR) is 89.0 cm³/mol. The second-order valence-corrected chi connectivity index (χ2v) is 6.30. The van der Waals surface area contributed by atoms with Crippen LogP contribution in [0.4, 0.5) is 11.8 Å². The minimum atomic E-state index is -1.24. The maximum absolute atomic E-state index is 10.3. The molecule has 5 atom stereocenters. The maximum atomic E-state index is 10.3. The fourth-order valence-electron chi connectivity index (χ4n) is 3.22. The van der Waals surface area contributed by atoms with Gasteiger partial charge in [-0.25, -0.2) is 10.8 Å². The molecule has 4 heterocycles. The van der Waals surface area contributed by atoms with Gasteiger partial charge in [-0.05, 0) is 6.42 Å². The number of nitrogens with one attached hydrogen (secondary N) is 2. The molecule has 142 valence electrons. The molecule has 2 saturated heterocycles. The Morgan fingerprint density at radius 3 is 2.81 bits per heavy atom. The Bertz CT molecular complexity index is 780. The van der Waals surface area contributed by atoms with Gasteiger partial charge in [0.15, 0.2) is 23.2 Å². The van der Waals surface area contributed by atoms with Gasteiger partial charge in [-0.1, -0.05) is 0 Å². The molecule has 2 aliphatic rings. The number of imidazole rings is 1. The molecule has 0 spiro atoms. The normalized spacial score (nSPS) is 31.6. The fourth-order valence-corrected chi connectivity index (χ4v) is 3.22. The van der Waals surface area contributed by atoms with Crippen molar-refractivity contribution in [2.75, 3.05) is 30.6 Å². The molecule has 5 unspecified atom stereocenters. The zero-order valence-corrected chi connectivity index (χ0v) is 13.8. The van der Waals surface area contributed by atoms with Crippen molar-refractivity contribution in [3.8, 4) is 0 Å². The number of hydrogen-bond donors (Lipinski definition) is 6. The van der Waals surface area contributed by atoms with E-state index in [0.717, 1.165) is 6.42 Å². The van der Waals surface area contributed by atoms with Crippen molar-refractivity contribution >= 4 is 22.9 Å². The Hall–Kier alpha value is -2.09. The number of aliphatic hydroxyl groups excluding tert-OH is 3. The standard InChI is InChI=1S/C14H21N7O5/c15-20-14-18-11(17-6-1-2-25-4-6)8-12(19-14)21(5-16-8)13-10(24)9(23)7(3-22)26-13/h5-7,9-10,13,22-24H,1-4,15H2,(H2,17,18,19,20). The van der Waals surface area contributed by atoms with Crippen LogP contribution in [0.5, 0.6) is 0 Å². The zero-order chi connectivity index (χ0) is 18.3. The summed E-state index contributed by atoms with van der Waals surface area (Å²) in [6, 6.07) is 0.0952. The number of anilines is 2. The number of fused-ring (bicyclic) bond motifs is 1. The summed E-state index contributed by atoms with van der Waals surface area (Å²) in [5.74, 6) is 6.11. The van der Waals surface area contributed by atoms with Gasteiger partial charge in [-0.3, -0.25) is 9.99 Å². The molecule has 26 heavy (non-hydrogen) atoms. The van der Waals surface area contributed by atoms with Gasteiger partial charge in [-0.15, -0.1) is 0 Å². The summed E-state index contributed by atoms with van der Waals surface area (Å²) in [5.41, 5.74) is 3.24. The smallest absolute Gasteiger partial charge is 0.241 e. The summed E-state index contributed by atoms with van der Waals surface area (Å²) >= 11 is 0. The third kappa shape index (κ3) is 2.86. The number of hydrazine groups is 1. The molecular formula is C14H21N7O5. The maximum Gasteiger partial charge on any atom is 0.241 e. The Morgan fingerprint density at radius 1 is 1.31 bits per heavy atom. The molecular weight excluding hydrogens is 346 g/mol. The number of nitrogen functional groups attached to an aromatic ring is 1. The van der Waals surface area contributed by atoms with Crippen LogP contribution in [-0.2, 0) is 9.47 Å². The second kappa shape index (κ2) is 6.90. The van der Waals surface area contributed by atoms with Gasteiger partial charge < -0.3 is 30.1 Å². The summed E-state index contributed by atoms with van der Waals surface area (Å²) in [5, 5.41) is 32.8. The van der Waals surface area contributed by atoms with Gasteiger partial charge in [-0.2, -0.15) is 9.97 Å². The van der Waals surface area contributed by atoms with Gasteiger partial charge in [0.05, 0.1) is 25.6 Å². The molecule has 0 bridgehead atoms. The van der Waals surface area contributed by atoms with Gasteiger partial charge in [0.25, 0.3) is 0 Å². The van der Waals surface area contributed by atoms with Crippen LogP contribution in [0, 0.1) is 0 Å². The highest BCUT2D eigenvalue weighted by molar-refractivity contribution is 5.84. The van der Waals surface area contributed by atoms with Crippen LogP contribution in [-0.4, -0.2) is 79.0 Å². The van der Waals surface area contributed by atoms with E-state index < -0.39 is 31.1 Å². The van der Waals surface area contributed by atoms with Crippen LogP contribution in [0.2, 0.25) is 0 Å². The molecule has 2 fully saturated rings. The molecule has 0 saturated carbocycles. The van der Waals surface area contributed by atoms with E-state index in [4.69, 9.17) is 15.3 Å². The first-order chi connectivity index (χ1) is 12.6. The van der Waals surface area contributed by atoms with E-state index in [-0.39, 0.29) is 12.0 Å². The van der Waals surface area contributed by atoms with Crippen molar-refractivity contribution in [3.63, 3.8) is 0 Å². The molecule has 7 N–H and O–H groups in total. The summed E-state index contributed by atoms with van der Waals surface area (Å²) in [6.07, 6.45) is -2.02. The van der Waals surface area contributed by atoms with Crippen molar-refractivity contribution < 1.29 is 24.8 Å². The van der Waals surface area contributed by atoms with Crippen LogP contribution in [0.3, 0.4) is 0 Å². The number of ether oxygens (including phenoxy) is 2. The lowest BCUT2D eigenvalue weighted by Gasteiger charge is -2.17. The lowest BCUT2D eigenvalue weighted by molar-refractivity contribution is -0.0511. The number of nitrogens with zero attached hydrogens (tertiary/aromatic N) is 4. The van der Waals surface area contributed by atoms with Crippen molar-refractivity contribution in [2.24, 2.45) is 5.84 Å². The Morgan fingerprint density at radius 2 is 2.15 bits per heavy atom. The van der Waals surface area contributed by atoms with E-state index in [1.807, 2.05) is 0 Å². The molecule has 0 radical (unpaired) electrons. The highest BCUT2D eigenvalue weighted by Crippen LogP contribution is 2.33. The van der Waals surface area contributed by atoms with Gasteiger partial charge in [0.2, 0.25) is 5.95 Å². The first kappa shape index (κ1) is 17.3. The van der Waals surface area contributed by atoms with Crippen molar-refractivity contribution in [2.45, 2.75) is 37.0 Å². The monoisotopic (exact) mass is 367 g/mol. The highest BCUT2D eigenvalue weighted by atomic mass is 16.6. The van der Waals surface area contributed by atoms with E-state index in [2.05, 4.69) is 25.7 Å². The number of rotatable bonds is 5. The van der Waals surface area contributed by atoms with Gasteiger partial charge >= 0.3 is 0 Å². The Balaban J connectivity index is 1.72. The van der Waals surface area contributed by atoms with E-state index in [9.17, 15) is 15.3 Å². The highest BCUT2D eigenvalue weighted by Gasteiger charge is 2.44. The SMILES string of the molecule is NNc1nc(NC2CCOC2)c2ncn(C3OC(CO)C(O)C3O)c2n1. The van der Waals surface area contributed by atoms with Gasteiger partial charge in [0, 0.05) is 6.61 Å². The quantitative estimate of drug-likeness (QED) is 0.253. The summed E-state index contributed by atoms with van der Waals surface area (Å²) < 4.78 is 12.4. The van der Waals surface area contributed by atoms with Crippen molar-refractivity contribution in [1.82, 2.24) is 19.5 Å². The molecule has 2 aromatic rings. The topological polar surface area (TPSA) is 173 Å². The summed E-state index contributed by atoms with van der Waals surface area (Å²) in [6.45, 7) is 0.817. The largest absolute Gasteiger partial charge is 0.394 e. The average molecular weight is 367 g/mol. The number of hydrogen-bond acceptors (Lipinski definition) is 11. The molecule has 0 amide bonds. The van der Waals surface area contributed by atoms with Crippen LogP contribution >= 0.6 is 0 Å². The Labute approximate surface area is 147 Å². The fraction of sp³-hybridized carbons (Fsp3) is 0.643. The van der Waals surface area contributed by atoms with Gasteiger partial charge in [0.1, 0.15) is 18.3 Å². The first-order valence-electron chi connectivity index (χ1n) is 8.30. The molecule has 0 aromatic carbocycles. The molecule has 4 rings (SSSR count). The lowest BCUT2D eigenvalue weighted by atomic mass is 10.1. The Kier molecular flexibility index (Phi) is 4.60. The molecule has 12 heteroatoms. The van der Waals surface area contributed by atoms with E-state index in [0.29, 0.717) is 30.2 Å². The molecule has 12 nitrogen and oxygen atoms in total. The predicted octanol–water partition coefficient (Wildman–Crippen LogP) is -2.08. The van der Waals surface area contributed by atoms with Crippen LogP contribution in [0.25, 0.3) is 11.2 Å². The first-order valence-corrected chi connectivity index (χ1v) is 8.30. The van der Waals surface area contributed by atoms with Crippen LogP contribution in [0.15, 0.2) is 6.33 Å². The van der Waals surface area contributed by atoms with Crippen molar-refractivity contribution in [1.29, 1.82) is 0 Å². The molecule has 2 aromatic heterocycles. The number of aromatic nitrogens is 4. The zero-order valence-electron chi connectivity index (χ0n) is 13.8. The number of nitrogens with two attached hydrogens (primary N) is 1. The lowest BCUT2D eigenvalue weighted by Crippen LogP contribution is -2.33. The summed E-state index contributed by atoms with van der Waals surface area (Å²) in [7, 11) is 0. The minimum absolute atomic E-state index is 0.0952.